The van der Waals surface area contributed by atoms with Crippen LogP contribution in [-0.2, 0) is 19.1 Å². The highest BCUT2D eigenvalue weighted by molar-refractivity contribution is 9.10. The van der Waals surface area contributed by atoms with Crippen molar-refractivity contribution >= 4 is 51.2 Å². The van der Waals surface area contributed by atoms with E-state index in [4.69, 9.17) is 4.74 Å². The maximum Gasteiger partial charge on any atom is 0.319 e. The molecule has 0 spiro atoms. The summed E-state index contributed by atoms with van der Waals surface area (Å²) in [6, 6.07) is 14.8. The Labute approximate surface area is 204 Å². The van der Waals surface area contributed by atoms with E-state index in [0.717, 1.165) is 33.0 Å². The standard InChI is InChI=1S/C24H22BrN3O4S/c1-13-9-16(25)10-14(2)21(13)27-18(29)12-33-23-17(11-26)19(15-7-5-4-6-8-15)20(22(30)28-23)24(31)32-3/h4-10,19-20H,12H2,1-3H3,(H,27,29)(H,28,30)/t19-,20+/m0/s1. The second-order valence-corrected chi connectivity index (χ2v) is 9.39. The van der Waals surface area contributed by atoms with Gasteiger partial charge in [-0.1, -0.05) is 58.0 Å². The van der Waals surface area contributed by atoms with E-state index < -0.39 is 23.7 Å². The predicted molar refractivity (Wildman–Crippen MR) is 130 cm³/mol. The van der Waals surface area contributed by atoms with Crippen molar-refractivity contribution in [2.75, 3.05) is 18.2 Å². The van der Waals surface area contributed by atoms with Crippen LogP contribution in [0.15, 0.2) is 57.5 Å². The minimum Gasteiger partial charge on any atom is -0.468 e. The van der Waals surface area contributed by atoms with Gasteiger partial charge in [0.2, 0.25) is 11.8 Å². The molecular weight excluding hydrogens is 506 g/mol. The van der Waals surface area contributed by atoms with Crippen LogP contribution in [0.5, 0.6) is 0 Å². The SMILES string of the molecule is COC(=O)[C@H]1C(=O)NC(SCC(=O)Nc2c(C)cc(Br)cc2C)=C(C#N)[C@@H]1c1ccccc1. The van der Waals surface area contributed by atoms with Crippen LogP contribution >= 0.6 is 27.7 Å². The summed E-state index contributed by atoms with van der Waals surface area (Å²) in [6.07, 6.45) is 0. The van der Waals surface area contributed by atoms with Crippen molar-refractivity contribution in [2.24, 2.45) is 5.92 Å². The molecule has 0 unspecified atom stereocenters. The lowest BCUT2D eigenvalue weighted by Gasteiger charge is -2.30. The summed E-state index contributed by atoms with van der Waals surface area (Å²) in [5.74, 6) is -3.61. The number of rotatable bonds is 6. The van der Waals surface area contributed by atoms with Crippen LogP contribution in [-0.4, -0.2) is 30.6 Å². The second kappa shape index (κ2) is 10.7. The molecule has 9 heteroatoms. The van der Waals surface area contributed by atoms with E-state index in [1.54, 1.807) is 30.3 Å². The first-order chi connectivity index (χ1) is 15.8. The number of anilines is 1. The van der Waals surface area contributed by atoms with Crippen LogP contribution in [0.3, 0.4) is 0 Å². The molecule has 1 aliphatic heterocycles. The minimum atomic E-state index is -1.20. The summed E-state index contributed by atoms with van der Waals surface area (Å²) in [5, 5.41) is 15.7. The van der Waals surface area contributed by atoms with Gasteiger partial charge in [0.1, 0.15) is 5.92 Å². The van der Waals surface area contributed by atoms with Crippen LogP contribution < -0.4 is 10.6 Å². The summed E-state index contributed by atoms with van der Waals surface area (Å²) in [7, 11) is 1.20. The zero-order valence-electron chi connectivity index (χ0n) is 18.3. The number of allylic oxidation sites excluding steroid dienone is 1. The van der Waals surface area contributed by atoms with Gasteiger partial charge in [0.25, 0.3) is 0 Å². The lowest BCUT2D eigenvalue weighted by Crippen LogP contribution is -2.44. The Bertz CT molecular complexity index is 1150. The summed E-state index contributed by atoms with van der Waals surface area (Å²) in [4.78, 5) is 37.9. The Kier molecular flexibility index (Phi) is 7.95. The number of esters is 1. The molecule has 33 heavy (non-hydrogen) atoms. The number of nitrogens with one attached hydrogen (secondary N) is 2. The number of nitrogens with zero attached hydrogens (tertiary/aromatic N) is 1. The summed E-state index contributed by atoms with van der Waals surface area (Å²) in [5.41, 5.74) is 3.40. The van der Waals surface area contributed by atoms with Crippen molar-refractivity contribution < 1.29 is 19.1 Å². The topological polar surface area (TPSA) is 108 Å². The molecule has 0 radical (unpaired) electrons. The number of aryl methyl sites for hydroxylation is 2. The molecule has 0 saturated heterocycles. The van der Waals surface area contributed by atoms with Crippen LogP contribution in [0, 0.1) is 31.1 Å². The largest absolute Gasteiger partial charge is 0.468 e. The first-order valence-electron chi connectivity index (χ1n) is 10.0. The number of carbonyl (C=O) groups excluding carboxylic acids is 3. The van der Waals surface area contributed by atoms with Crippen LogP contribution in [0.25, 0.3) is 0 Å². The Morgan fingerprint density at radius 3 is 2.42 bits per heavy atom. The van der Waals surface area contributed by atoms with E-state index >= 15 is 0 Å². The average Bonchev–Trinajstić information content (AvgIpc) is 2.79. The lowest BCUT2D eigenvalue weighted by molar-refractivity contribution is -0.150. The van der Waals surface area contributed by atoms with Crippen molar-refractivity contribution in [3.05, 3.63) is 74.2 Å². The molecule has 2 atom stereocenters. The normalized spacial score (nSPS) is 17.7. The fourth-order valence-corrected chi connectivity index (χ4v) is 5.30. The number of ether oxygens (including phenoxy) is 1. The molecular formula is C24H22BrN3O4S. The number of halogens is 1. The summed E-state index contributed by atoms with van der Waals surface area (Å²) >= 11 is 4.48. The van der Waals surface area contributed by atoms with E-state index in [2.05, 4.69) is 32.6 Å². The van der Waals surface area contributed by atoms with Gasteiger partial charge in [-0.2, -0.15) is 5.26 Å². The Hall–Kier alpha value is -3.09. The molecule has 0 saturated carbocycles. The number of hydrogen-bond donors (Lipinski definition) is 2. The molecule has 1 heterocycles. The quantitative estimate of drug-likeness (QED) is 0.431. The third kappa shape index (κ3) is 5.46. The average molecular weight is 528 g/mol. The Morgan fingerprint density at radius 1 is 1.21 bits per heavy atom. The van der Waals surface area contributed by atoms with Gasteiger partial charge >= 0.3 is 5.97 Å². The fraction of sp³-hybridized carbons (Fsp3) is 0.250. The third-order valence-electron chi connectivity index (χ3n) is 5.25. The van der Waals surface area contributed by atoms with Crippen LogP contribution in [0.2, 0.25) is 0 Å². The molecule has 170 valence electrons. The number of benzene rings is 2. The van der Waals surface area contributed by atoms with E-state index in [1.165, 1.54) is 7.11 Å². The maximum atomic E-state index is 12.8. The molecule has 1 aliphatic rings. The van der Waals surface area contributed by atoms with Gasteiger partial charge in [-0.3, -0.25) is 14.4 Å². The molecule has 0 aliphatic carbocycles. The van der Waals surface area contributed by atoms with Gasteiger partial charge in [-0.05, 0) is 42.7 Å². The molecule has 2 aromatic carbocycles. The van der Waals surface area contributed by atoms with E-state index in [-0.39, 0.29) is 22.3 Å². The summed E-state index contributed by atoms with van der Waals surface area (Å²) < 4.78 is 5.75. The van der Waals surface area contributed by atoms with E-state index in [9.17, 15) is 19.6 Å². The van der Waals surface area contributed by atoms with Crippen molar-refractivity contribution in [3.63, 3.8) is 0 Å². The molecule has 0 bridgehead atoms. The zero-order valence-corrected chi connectivity index (χ0v) is 20.7. The maximum absolute atomic E-state index is 12.8. The predicted octanol–water partition coefficient (Wildman–Crippen LogP) is 4.18. The van der Waals surface area contributed by atoms with E-state index in [0.29, 0.717) is 5.56 Å². The van der Waals surface area contributed by atoms with Crippen molar-refractivity contribution in [2.45, 2.75) is 19.8 Å². The number of amides is 2. The fourth-order valence-electron chi connectivity index (χ4n) is 3.76. The molecule has 0 fully saturated rings. The molecule has 2 N–H and O–H groups in total. The van der Waals surface area contributed by atoms with E-state index in [1.807, 2.05) is 26.0 Å². The highest BCUT2D eigenvalue weighted by atomic mass is 79.9. The number of methoxy groups -OCH3 is 1. The Morgan fingerprint density at radius 2 is 1.85 bits per heavy atom. The number of hydrogen-bond acceptors (Lipinski definition) is 6. The van der Waals surface area contributed by atoms with Crippen LogP contribution in [0.4, 0.5) is 5.69 Å². The highest BCUT2D eigenvalue weighted by Gasteiger charge is 2.44. The minimum absolute atomic E-state index is 0.0276. The first kappa shape index (κ1) is 24.6. The lowest BCUT2D eigenvalue weighted by atomic mass is 9.78. The first-order valence-corrected chi connectivity index (χ1v) is 11.8. The van der Waals surface area contributed by atoms with Gasteiger partial charge in [0.15, 0.2) is 0 Å². The molecule has 3 rings (SSSR count). The monoisotopic (exact) mass is 527 g/mol. The van der Waals surface area contributed by atoms with Crippen molar-refractivity contribution in [3.8, 4) is 6.07 Å². The number of carbonyl (C=O) groups is 3. The zero-order chi connectivity index (χ0) is 24.1. The number of nitriles is 1. The van der Waals surface area contributed by atoms with Gasteiger partial charge in [0, 0.05) is 16.1 Å². The number of thioether (sulfide) groups is 1. The Balaban J connectivity index is 1.88. The van der Waals surface area contributed by atoms with Crippen LogP contribution in [0.1, 0.15) is 22.6 Å². The molecule has 2 aromatic rings. The van der Waals surface area contributed by atoms with Gasteiger partial charge < -0.3 is 15.4 Å². The van der Waals surface area contributed by atoms with Gasteiger partial charge in [-0.25, -0.2) is 0 Å². The summed E-state index contributed by atoms with van der Waals surface area (Å²) in [6.45, 7) is 3.80. The molecule has 7 nitrogen and oxygen atoms in total. The van der Waals surface area contributed by atoms with Crippen molar-refractivity contribution in [1.29, 1.82) is 5.26 Å². The smallest absolute Gasteiger partial charge is 0.319 e. The highest BCUT2D eigenvalue weighted by Crippen LogP contribution is 2.40. The van der Waals surface area contributed by atoms with Gasteiger partial charge in [-0.15, -0.1) is 0 Å². The van der Waals surface area contributed by atoms with Gasteiger partial charge in [0.05, 0.1) is 29.5 Å². The second-order valence-electron chi connectivity index (χ2n) is 7.48. The molecule has 2 amide bonds. The van der Waals surface area contributed by atoms with Crippen molar-refractivity contribution in [1.82, 2.24) is 5.32 Å². The third-order valence-corrected chi connectivity index (χ3v) is 6.73. The molecule has 0 aromatic heterocycles.